The summed E-state index contributed by atoms with van der Waals surface area (Å²) in [6.07, 6.45) is 4.79. The molecule has 0 unspecified atom stereocenters. The minimum absolute atomic E-state index is 0.795. The van der Waals surface area contributed by atoms with Gasteiger partial charge in [-0.3, -0.25) is 0 Å². The molecule has 0 radical (unpaired) electrons. The lowest BCUT2D eigenvalue weighted by molar-refractivity contribution is 0.517. The number of para-hydroxylation sites is 1. The average Bonchev–Trinajstić information content (AvgIpc) is 2.74. The Morgan fingerprint density at radius 2 is 2.06 bits per heavy atom. The molecule has 0 aliphatic carbocycles. The first kappa shape index (κ1) is 13.2. The van der Waals surface area contributed by atoms with Gasteiger partial charge < -0.3 is 9.88 Å². The molecule has 2 rings (SSSR count). The second-order valence-electron chi connectivity index (χ2n) is 5.43. The Bertz CT molecular complexity index is 497. The fraction of sp³-hybridized carbons (Fsp3) is 0.500. The van der Waals surface area contributed by atoms with Crippen LogP contribution in [0.15, 0.2) is 30.5 Å². The van der Waals surface area contributed by atoms with Crippen molar-refractivity contribution in [3.63, 3.8) is 0 Å². The molecule has 18 heavy (non-hydrogen) atoms. The van der Waals surface area contributed by atoms with E-state index in [1.165, 1.54) is 29.3 Å². The van der Waals surface area contributed by atoms with Crippen molar-refractivity contribution in [3.8, 4) is 0 Å². The molecule has 1 aromatic carbocycles. The van der Waals surface area contributed by atoms with Crippen LogP contribution in [0.5, 0.6) is 0 Å². The third-order valence-electron chi connectivity index (χ3n) is 3.42. The zero-order valence-corrected chi connectivity index (χ0v) is 11.7. The highest BCUT2D eigenvalue weighted by Gasteiger charge is 2.06. The summed E-state index contributed by atoms with van der Waals surface area (Å²) >= 11 is 0. The molecule has 0 amide bonds. The zero-order chi connectivity index (χ0) is 13.0. The van der Waals surface area contributed by atoms with Crippen molar-refractivity contribution in [2.24, 2.45) is 5.92 Å². The van der Waals surface area contributed by atoms with E-state index in [0.29, 0.717) is 0 Å². The number of aromatic nitrogens is 1. The van der Waals surface area contributed by atoms with Crippen LogP contribution >= 0.6 is 0 Å². The van der Waals surface area contributed by atoms with Crippen LogP contribution in [0.3, 0.4) is 0 Å². The maximum absolute atomic E-state index is 3.25. The molecular weight excluding hydrogens is 220 g/mol. The number of nitrogens with zero attached hydrogens (tertiary/aromatic N) is 1. The van der Waals surface area contributed by atoms with Gasteiger partial charge in [-0.25, -0.2) is 0 Å². The number of hydrogen-bond donors (Lipinski definition) is 1. The van der Waals surface area contributed by atoms with Crippen molar-refractivity contribution in [2.45, 2.75) is 39.8 Å². The number of nitrogens with one attached hydrogen (secondary N) is 1. The Balaban J connectivity index is 2.22. The monoisotopic (exact) mass is 244 g/mol. The normalized spacial score (nSPS) is 11.6. The van der Waals surface area contributed by atoms with Gasteiger partial charge in [-0.1, -0.05) is 32.0 Å². The summed E-state index contributed by atoms with van der Waals surface area (Å²) in [5.41, 5.74) is 2.79. The molecule has 2 aromatic rings. The smallest absolute Gasteiger partial charge is 0.0525 e. The molecule has 0 aliphatic rings. The summed E-state index contributed by atoms with van der Waals surface area (Å²) in [6.45, 7) is 6.65. The molecule has 0 atom stereocenters. The molecule has 0 aliphatic heterocycles. The third kappa shape index (κ3) is 2.94. The van der Waals surface area contributed by atoms with Crippen molar-refractivity contribution >= 4 is 10.9 Å². The standard InChI is InChI=1S/C16H24N2/c1-13(2)6-5-10-18-11-9-14-7-4-8-15(12-17-3)16(14)18/h4,7-9,11,13,17H,5-6,10,12H2,1-3H3. The minimum atomic E-state index is 0.795. The highest BCUT2D eigenvalue weighted by molar-refractivity contribution is 5.83. The molecule has 0 saturated heterocycles. The lowest BCUT2D eigenvalue weighted by Gasteiger charge is -2.10. The fourth-order valence-corrected chi connectivity index (χ4v) is 2.53. The van der Waals surface area contributed by atoms with E-state index in [1.54, 1.807) is 0 Å². The zero-order valence-electron chi connectivity index (χ0n) is 11.7. The minimum Gasteiger partial charge on any atom is -0.347 e. The Morgan fingerprint density at radius 1 is 1.22 bits per heavy atom. The van der Waals surface area contributed by atoms with Gasteiger partial charge in [0, 0.05) is 19.3 Å². The second kappa shape index (κ2) is 6.05. The van der Waals surface area contributed by atoms with E-state index in [9.17, 15) is 0 Å². The van der Waals surface area contributed by atoms with Gasteiger partial charge in [0.05, 0.1) is 5.52 Å². The van der Waals surface area contributed by atoms with Gasteiger partial charge in [-0.05, 0) is 42.8 Å². The van der Waals surface area contributed by atoms with Crippen LogP contribution in [0.2, 0.25) is 0 Å². The van der Waals surface area contributed by atoms with Crippen LogP contribution in [0, 0.1) is 5.92 Å². The summed E-state index contributed by atoms with van der Waals surface area (Å²) < 4.78 is 2.41. The van der Waals surface area contributed by atoms with Crippen molar-refractivity contribution < 1.29 is 0 Å². The Kier molecular flexibility index (Phi) is 4.43. The Labute approximate surface area is 110 Å². The first-order valence-corrected chi connectivity index (χ1v) is 6.93. The number of fused-ring (bicyclic) bond motifs is 1. The molecule has 2 nitrogen and oxygen atoms in total. The van der Waals surface area contributed by atoms with E-state index in [-0.39, 0.29) is 0 Å². The van der Waals surface area contributed by atoms with E-state index in [4.69, 9.17) is 0 Å². The summed E-state index contributed by atoms with van der Waals surface area (Å²) in [7, 11) is 2.00. The van der Waals surface area contributed by atoms with E-state index < -0.39 is 0 Å². The van der Waals surface area contributed by atoms with E-state index >= 15 is 0 Å². The quantitative estimate of drug-likeness (QED) is 0.818. The highest BCUT2D eigenvalue weighted by atomic mass is 15.0. The summed E-state index contributed by atoms with van der Waals surface area (Å²) in [5, 5.41) is 4.61. The molecule has 98 valence electrons. The second-order valence-corrected chi connectivity index (χ2v) is 5.43. The highest BCUT2D eigenvalue weighted by Crippen LogP contribution is 2.21. The Morgan fingerprint density at radius 3 is 2.78 bits per heavy atom. The van der Waals surface area contributed by atoms with Gasteiger partial charge in [0.25, 0.3) is 0 Å². The van der Waals surface area contributed by atoms with Crippen molar-refractivity contribution in [1.82, 2.24) is 9.88 Å². The summed E-state index contributed by atoms with van der Waals surface area (Å²) in [5.74, 6) is 0.795. The summed E-state index contributed by atoms with van der Waals surface area (Å²) in [4.78, 5) is 0. The van der Waals surface area contributed by atoms with Crippen LogP contribution in [0.4, 0.5) is 0 Å². The van der Waals surface area contributed by atoms with Crippen LogP contribution in [0.25, 0.3) is 10.9 Å². The third-order valence-corrected chi connectivity index (χ3v) is 3.42. The first-order chi connectivity index (χ1) is 8.72. The molecule has 0 saturated carbocycles. The fourth-order valence-electron chi connectivity index (χ4n) is 2.53. The van der Waals surface area contributed by atoms with Crippen molar-refractivity contribution in [1.29, 1.82) is 0 Å². The van der Waals surface area contributed by atoms with Crippen molar-refractivity contribution in [3.05, 3.63) is 36.0 Å². The van der Waals surface area contributed by atoms with Crippen LogP contribution < -0.4 is 5.32 Å². The summed E-state index contributed by atoms with van der Waals surface area (Å²) in [6, 6.07) is 8.79. The van der Waals surface area contributed by atoms with E-state index in [0.717, 1.165) is 19.0 Å². The van der Waals surface area contributed by atoms with Gasteiger partial charge in [0.1, 0.15) is 0 Å². The predicted octanol–water partition coefficient (Wildman–Crippen LogP) is 3.80. The molecule has 0 bridgehead atoms. The van der Waals surface area contributed by atoms with Gasteiger partial charge in [-0.2, -0.15) is 0 Å². The van der Waals surface area contributed by atoms with Crippen LogP contribution in [0.1, 0.15) is 32.3 Å². The average molecular weight is 244 g/mol. The maximum Gasteiger partial charge on any atom is 0.0525 e. The number of aryl methyl sites for hydroxylation is 1. The molecule has 1 heterocycles. The lowest BCUT2D eigenvalue weighted by atomic mass is 10.1. The van der Waals surface area contributed by atoms with Gasteiger partial charge >= 0.3 is 0 Å². The largest absolute Gasteiger partial charge is 0.347 e. The van der Waals surface area contributed by atoms with Gasteiger partial charge in [0.2, 0.25) is 0 Å². The van der Waals surface area contributed by atoms with Crippen molar-refractivity contribution in [2.75, 3.05) is 7.05 Å². The number of hydrogen-bond acceptors (Lipinski definition) is 1. The predicted molar refractivity (Wildman–Crippen MR) is 78.8 cm³/mol. The Hall–Kier alpha value is -1.28. The van der Waals surface area contributed by atoms with Gasteiger partial charge in [0.15, 0.2) is 0 Å². The SMILES string of the molecule is CNCc1cccc2ccn(CCCC(C)C)c12. The maximum atomic E-state index is 3.25. The van der Waals surface area contributed by atoms with E-state index in [2.05, 4.69) is 54.2 Å². The lowest BCUT2D eigenvalue weighted by Crippen LogP contribution is -2.07. The van der Waals surface area contributed by atoms with Gasteiger partial charge in [-0.15, -0.1) is 0 Å². The van der Waals surface area contributed by atoms with E-state index in [1.807, 2.05) is 7.05 Å². The van der Waals surface area contributed by atoms with Crippen LogP contribution in [-0.4, -0.2) is 11.6 Å². The number of rotatable bonds is 6. The molecule has 1 N–H and O–H groups in total. The topological polar surface area (TPSA) is 17.0 Å². The molecule has 2 heteroatoms. The number of benzene rings is 1. The first-order valence-electron chi connectivity index (χ1n) is 6.93. The molecular formula is C16H24N2. The molecule has 1 aromatic heterocycles. The van der Waals surface area contributed by atoms with Crippen LogP contribution in [-0.2, 0) is 13.1 Å². The molecule has 0 fully saturated rings. The molecule has 0 spiro atoms.